The highest BCUT2D eigenvalue weighted by molar-refractivity contribution is 5.72. The van der Waals surface area contributed by atoms with E-state index in [0.29, 0.717) is 5.69 Å². The molecule has 0 N–H and O–H groups in total. The van der Waals surface area contributed by atoms with Crippen molar-refractivity contribution >= 4 is 5.97 Å². The molecule has 2 aromatic carbocycles. The Labute approximate surface area is 133 Å². The van der Waals surface area contributed by atoms with Crippen LogP contribution in [0, 0.1) is 0 Å². The molecule has 3 aromatic rings. The average molecular weight is 308 g/mol. The molecular formula is C18H16N2O3. The van der Waals surface area contributed by atoms with Crippen molar-refractivity contribution in [2.45, 2.75) is 6.42 Å². The van der Waals surface area contributed by atoms with Crippen LogP contribution in [0.1, 0.15) is 5.69 Å². The number of methoxy groups -OCH3 is 1. The van der Waals surface area contributed by atoms with Crippen LogP contribution in [0.4, 0.5) is 0 Å². The van der Waals surface area contributed by atoms with E-state index < -0.39 is 0 Å². The van der Waals surface area contributed by atoms with Crippen LogP contribution in [-0.4, -0.2) is 22.4 Å². The molecule has 5 heteroatoms. The third kappa shape index (κ3) is 2.94. The fraction of sp³-hybridized carbons (Fsp3) is 0.111. The molecule has 0 unspecified atom stereocenters. The molecule has 0 amide bonds. The van der Waals surface area contributed by atoms with Crippen LogP contribution in [-0.2, 0) is 16.0 Å². The number of para-hydroxylation sites is 2. The van der Waals surface area contributed by atoms with Crippen LogP contribution in [0.25, 0.3) is 11.4 Å². The van der Waals surface area contributed by atoms with Crippen molar-refractivity contribution in [1.29, 1.82) is 0 Å². The van der Waals surface area contributed by atoms with E-state index in [9.17, 15) is 9.59 Å². The van der Waals surface area contributed by atoms with Crippen molar-refractivity contribution in [2.24, 2.45) is 0 Å². The van der Waals surface area contributed by atoms with E-state index >= 15 is 0 Å². The van der Waals surface area contributed by atoms with Crippen LogP contribution in [0.2, 0.25) is 0 Å². The van der Waals surface area contributed by atoms with E-state index in [1.807, 2.05) is 60.7 Å². The van der Waals surface area contributed by atoms with Crippen molar-refractivity contribution in [3.63, 3.8) is 0 Å². The Hall–Kier alpha value is -3.08. The van der Waals surface area contributed by atoms with E-state index in [0.717, 1.165) is 11.4 Å². The van der Waals surface area contributed by atoms with Crippen molar-refractivity contribution < 1.29 is 9.53 Å². The Bertz CT molecular complexity index is 864. The number of hydrogen-bond donors (Lipinski definition) is 0. The molecule has 0 fully saturated rings. The minimum Gasteiger partial charge on any atom is -0.469 e. The lowest BCUT2D eigenvalue weighted by Gasteiger charge is -2.14. The number of ether oxygens (including phenoxy) is 1. The third-order valence-corrected chi connectivity index (χ3v) is 3.53. The molecule has 0 atom stereocenters. The van der Waals surface area contributed by atoms with Crippen molar-refractivity contribution in [3.05, 3.63) is 82.8 Å². The normalized spacial score (nSPS) is 10.5. The molecule has 5 nitrogen and oxygen atoms in total. The molecule has 0 saturated carbocycles. The van der Waals surface area contributed by atoms with E-state index in [-0.39, 0.29) is 17.9 Å². The summed E-state index contributed by atoms with van der Waals surface area (Å²) >= 11 is 0. The zero-order chi connectivity index (χ0) is 16.2. The summed E-state index contributed by atoms with van der Waals surface area (Å²) in [6.45, 7) is 0. The highest BCUT2D eigenvalue weighted by Gasteiger charge is 2.17. The topological polar surface area (TPSA) is 53.2 Å². The molecule has 0 aliphatic rings. The lowest BCUT2D eigenvalue weighted by Crippen LogP contribution is -2.21. The largest absolute Gasteiger partial charge is 0.469 e. The quantitative estimate of drug-likeness (QED) is 0.695. The fourth-order valence-corrected chi connectivity index (χ4v) is 2.50. The van der Waals surface area contributed by atoms with E-state index in [4.69, 9.17) is 4.74 Å². The number of rotatable bonds is 4. The van der Waals surface area contributed by atoms with Gasteiger partial charge in [-0.15, -0.1) is 0 Å². The first-order valence-electron chi connectivity index (χ1n) is 7.22. The molecule has 1 aromatic heterocycles. The Balaban J connectivity index is 2.23. The highest BCUT2D eigenvalue weighted by atomic mass is 16.5. The maximum absolute atomic E-state index is 12.5. The van der Waals surface area contributed by atoms with Crippen LogP contribution >= 0.6 is 0 Å². The van der Waals surface area contributed by atoms with Crippen LogP contribution in [0.3, 0.4) is 0 Å². The summed E-state index contributed by atoms with van der Waals surface area (Å²) in [4.78, 5) is 24.2. The summed E-state index contributed by atoms with van der Waals surface area (Å²) in [5.74, 6) is -0.389. The summed E-state index contributed by atoms with van der Waals surface area (Å²) in [6.07, 6.45) is 0.0282. The number of aromatic nitrogens is 2. The number of carbonyl (C=O) groups excluding carboxylic acids is 1. The SMILES string of the molecule is COC(=O)Cc1cc(=O)n(-c2ccccc2)n1-c1ccccc1. The smallest absolute Gasteiger partial charge is 0.311 e. The van der Waals surface area contributed by atoms with Gasteiger partial charge < -0.3 is 4.74 Å². The lowest BCUT2D eigenvalue weighted by molar-refractivity contribution is -0.139. The molecule has 3 rings (SSSR count). The molecule has 1 heterocycles. The number of hydrogen-bond acceptors (Lipinski definition) is 3. The zero-order valence-electron chi connectivity index (χ0n) is 12.7. The number of benzene rings is 2. The Morgan fingerprint density at radius 3 is 1.96 bits per heavy atom. The molecule has 23 heavy (non-hydrogen) atoms. The summed E-state index contributed by atoms with van der Waals surface area (Å²) in [5, 5.41) is 0. The first-order valence-corrected chi connectivity index (χ1v) is 7.22. The van der Waals surface area contributed by atoms with Gasteiger partial charge in [-0.3, -0.25) is 9.59 Å². The number of carbonyl (C=O) groups is 1. The van der Waals surface area contributed by atoms with E-state index in [1.54, 1.807) is 9.36 Å². The summed E-state index contributed by atoms with van der Waals surface area (Å²) in [7, 11) is 1.33. The zero-order valence-corrected chi connectivity index (χ0v) is 12.7. The number of nitrogens with zero attached hydrogens (tertiary/aromatic N) is 2. The van der Waals surface area contributed by atoms with Crippen molar-refractivity contribution in [1.82, 2.24) is 9.36 Å². The van der Waals surface area contributed by atoms with Gasteiger partial charge in [-0.05, 0) is 24.3 Å². The van der Waals surface area contributed by atoms with Gasteiger partial charge in [-0.1, -0.05) is 36.4 Å². The summed E-state index contributed by atoms with van der Waals surface area (Å²) < 4.78 is 8.03. The minimum atomic E-state index is -0.389. The van der Waals surface area contributed by atoms with Gasteiger partial charge in [0.25, 0.3) is 5.56 Å². The molecule has 0 aliphatic carbocycles. The molecule has 0 radical (unpaired) electrons. The summed E-state index contributed by atoms with van der Waals surface area (Å²) in [6, 6.07) is 20.2. The van der Waals surface area contributed by atoms with Gasteiger partial charge in [0.15, 0.2) is 0 Å². The fourth-order valence-electron chi connectivity index (χ4n) is 2.50. The maximum Gasteiger partial charge on any atom is 0.311 e. The Kier molecular flexibility index (Phi) is 4.10. The van der Waals surface area contributed by atoms with Gasteiger partial charge in [0.2, 0.25) is 0 Å². The van der Waals surface area contributed by atoms with Crippen LogP contribution < -0.4 is 5.56 Å². The average Bonchev–Trinajstić information content (AvgIpc) is 2.92. The van der Waals surface area contributed by atoms with Crippen molar-refractivity contribution in [2.75, 3.05) is 7.11 Å². The predicted molar refractivity (Wildman–Crippen MR) is 87.1 cm³/mol. The van der Waals surface area contributed by atoms with Gasteiger partial charge in [-0.2, -0.15) is 0 Å². The second-order valence-corrected chi connectivity index (χ2v) is 5.02. The lowest BCUT2D eigenvalue weighted by atomic mass is 10.2. The van der Waals surface area contributed by atoms with Crippen molar-refractivity contribution in [3.8, 4) is 11.4 Å². The standard InChI is InChI=1S/C18H16N2O3/c1-23-18(22)13-16-12-17(21)20(15-10-6-3-7-11-15)19(16)14-8-4-2-5-9-14/h2-12H,13H2,1H3. The maximum atomic E-state index is 12.5. The van der Waals surface area contributed by atoms with E-state index in [2.05, 4.69) is 0 Å². The first kappa shape index (κ1) is 14.8. The second kappa shape index (κ2) is 6.36. The molecule has 116 valence electrons. The molecule has 0 aliphatic heterocycles. The molecular weight excluding hydrogens is 292 g/mol. The molecule has 0 spiro atoms. The van der Waals surface area contributed by atoms with Gasteiger partial charge in [0.05, 0.1) is 30.6 Å². The minimum absolute atomic E-state index is 0.0282. The van der Waals surface area contributed by atoms with Gasteiger partial charge in [0.1, 0.15) is 0 Å². The Morgan fingerprint density at radius 1 is 0.913 bits per heavy atom. The monoisotopic (exact) mass is 308 g/mol. The highest BCUT2D eigenvalue weighted by Crippen LogP contribution is 2.15. The van der Waals surface area contributed by atoms with Crippen LogP contribution in [0.15, 0.2) is 71.5 Å². The predicted octanol–water partition coefficient (Wildman–Crippen LogP) is 2.34. The van der Waals surface area contributed by atoms with Crippen LogP contribution in [0.5, 0.6) is 0 Å². The third-order valence-electron chi connectivity index (χ3n) is 3.53. The van der Waals surface area contributed by atoms with Gasteiger partial charge in [-0.25, -0.2) is 9.36 Å². The molecule has 0 saturated heterocycles. The number of esters is 1. The summed E-state index contributed by atoms with van der Waals surface area (Å²) in [5.41, 5.74) is 1.92. The van der Waals surface area contributed by atoms with Gasteiger partial charge in [0, 0.05) is 6.07 Å². The second-order valence-electron chi connectivity index (χ2n) is 5.02. The van der Waals surface area contributed by atoms with E-state index in [1.165, 1.54) is 13.2 Å². The molecule has 0 bridgehead atoms. The first-order chi connectivity index (χ1) is 11.2. The Morgan fingerprint density at radius 2 is 1.43 bits per heavy atom. The van der Waals surface area contributed by atoms with Gasteiger partial charge >= 0.3 is 5.97 Å².